The van der Waals surface area contributed by atoms with E-state index in [1.54, 1.807) is 24.3 Å². The van der Waals surface area contributed by atoms with E-state index >= 15 is 0 Å². The monoisotopic (exact) mass is 515 g/mol. The largest absolute Gasteiger partial charge is 0.352 e. The topological polar surface area (TPSA) is 90.4 Å². The molecule has 8 nitrogen and oxygen atoms in total. The third-order valence-corrected chi connectivity index (χ3v) is 6.86. The predicted molar refractivity (Wildman–Crippen MR) is 145 cm³/mol. The van der Waals surface area contributed by atoms with Crippen molar-refractivity contribution in [3.63, 3.8) is 0 Å². The molecule has 37 heavy (non-hydrogen) atoms. The Hall–Kier alpha value is -4.17. The summed E-state index contributed by atoms with van der Waals surface area (Å²) in [4.78, 5) is 40.2. The summed E-state index contributed by atoms with van der Waals surface area (Å²) in [6, 6.07) is 21.5. The highest BCUT2D eigenvalue weighted by Crippen LogP contribution is 2.18. The van der Waals surface area contributed by atoms with Gasteiger partial charge < -0.3 is 5.32 Å². The standard InChI is InChI=1S/C28H26ClN5O3/c1-3-18(2)30-25(35)20-13-14-22-24(15-20)34-27(32(26(22)36)16-19-9-5-4-6-10-19)31-33(28(34)37)17-21-11-7-8-12-23(21)29/h4-15,18H,3,16-17H2,1-2H3,(H,30,35). The summed E-state index contributed by atoms with van der Waals surface area (Å²) in [6.45, 7) is 4.27. The van der Waals surface area contributed by atoms with Crippen LogP contribution in [-0.2, 0) is 13.1 Å². The van der Waals surface area contributed by atoms with Gasteiger partial charge in [0.25, 0.3) is 11.5 Å². The second-order valence-electron chi connectivity index (χ2n) is 9.06. The van der Waals surface area contributed by atoms with Gasteiger partial charge in [-0.3, -0.25) is 14.2 Å². The highest BCUT2D eigenvalue weighted by Gasteiger charge is 2.20. The maximum atomic E-state index is 13.7. The molecule has 3 aromatic carbocycles. The molecule has 0 radical (unpaired) electrons. The molecule has 1 atom stereocenters. The molecule has 0 bridgehead atoms. The number of carbonyl (C=O) groups excluding carboxylic acids is 1. The van der Waals surface area contributed by atoms with Gasteiger partial charge in [0.2, 0.25) is 5.78 Å². The number of aromatic nitrogens is 4. The van der Waals surface area contributed by atoms with E-state index in [-0.39, 0.29) is 36.4 Å². The van der Waals surface area contributed by atoms with Crippen molar-refractivity contribution in [3.8, 4) is 0 Å². The Balaban J connectivity index is 1.74. The molecule has 0 aliphatic rings. The molecule has 5 aromatic rings. The number of benzene rings is 3. The Morgan fingerprint density at radius 2 is 1.73 bits per heavy atom. The lowest BCUT2D eigenvalue weighted by Gasteiger charge is -2.13. The summed E-state index contributed by atoms with van der Waals surface area (Å²) in [7, 11) is 0. The molecule has 0 fully saturated rings. The van der Waals surface area contributed by atoms with Crippen molar-refractivity contribution in [3.05, 3.63) is 115 Å². The van der Waals surface area contributed by atoms with Crippen molar-refractivity contribution in [1.29, 1.82) is 0 Å². The van der Waals surface area contributed by atoms with E-state index < -0.39 is 5.69 Å². The van der Waals surface area contributed by atoms with Crippen LogP contribution in [0, 0.1) is 0 Å². The van der Waals surface area contributed by atoms with Crippen molar-refractivity contribution < 1.29 is 4.79 Å². The first-order valence-electron chi connectivity index (χ1n) is 12.1. The van der Waals surface area contributed by atoms with Crippen LogP contribution in [0.2, 0.25) is 5.02 Å². The summed E-state index contributed by atoms with van der Waals surface area (Å²) in [5, 5.41) is 8.33. The van der Waals surface area contributed by atoms with E-state index in [1.807, 2.05) is 62.4 Å². The molecule has 188 valence electrons. The zero-order valence-corrected chi connectivity index (χ0v) is 21.3. The summed E-state index contributed by atoms with van der Waals surface area (Å²) in [5.74, 6) is -0.0766. The van der Waals surface area contributed by atoms with Crippen molar-refractivity contribution in [2.24, 2.45) is 0 Å². The molecule has 0 saturated carbocycles. The van der Waals surface area contributed by atoms with Crippen LogP contribution < -0.4 is 16.6 Å². The molecule has 2 heterocycles. The number of amides is 1. The van der Waals surface area contributed by atoms with Crippen molar-refractivity contribution >= 4 is 34.2 Å². The van der Waals surface area contributed by atoms with Gasteiger partial charge in [0.1, 0.15) is 0 Å². The molecule has 9 heteroatoms. The minimum Gasteiger partial charge on any atom is -0.350 e. The zero-order chi connectivity index (χ0) is 26.1. The van der Waals surface area contributed by atoms with Crippen LogP contribution in [0.1, 0.15) is 41.8 Å². The van der Waals surface area contributed by atoms with Crippen molar-refractivity contribution in [1.82, 2.24) is 24.1 Å². The highest BCUT2D eigenvalue weighted by atomic mass is 35.5. The number of hydrogen-bond donors (Lipinski definition) is 1. The molecule has 2 aromatic heterocycles. The quantitative estimate of drug-likeness (QED) is 0.353. The minimum atomic E-state index is -0.429. The Morgan fingerprint density at radius 1 is 1.00 bits per heavy atom. The Bertz CT molecular complexity index is 1740. The molecule has 1 unspecified atom stereocenters. The maximum absolute atomic E-state index is 13.7. The van der Waals surface area contributed by atoms with Gasteiger partial charge in [-0.2, -0.15) is 0 Å². The van der Waals surface area contributed by atoms with Gasteiger partial charge >= 0.3 is 5.69 Å². The highest BCUT2D eigenvalue weighted by molar-refractivity contribution is 6.31. The number of halogens is 1. The van der Waals surface area contributed by atoms with Gasteiger partial charge in [-0.15, -0.1) is 5.10 Å². The first-order valence-corrected chi connectivity index (χ1v) is 12.5. The Kier molecular flexibility index (Phi) is 6.67. The van der Waals surface area contributed by atoms with E-state index in [4.69, 9.17) is 11.6 Å². The van der Waals surface area contributed by atoms with Crippen LogP contribution in [0.5, 0.6) is 0 Å². The summed E-state index contributed by atoms with van der Waals surface area (Å²) < 4.78 is 4.18. The van der Waals surface area contributed by atoms with Crippen molar-refractivity contribution in [2.75, 3.05) is 0 Å². The summed E-state index contributed by atoms with van der Waals surface area (Å²) in [5.41, 5.74) is 1.58. The van der Waals surface area contributed by atoms with Gasteiger partial charge in [-0.05, 0) is 48.7 Å². The van der Waals surface area contributed by atoms with Crippen LogP contribution in [0.4, 0.5) is 0 Å². The number of nitrogens with one attached hydrogen (secondary N) is 1. The fourth-order valence-corrected chi connectivity index (χ4v) is 4.46. The van der Waals surface area contributed by atoms with E-state index in [0.29, 0.717) is 21.5 Å². The minimum absolute atomic E-state index is 0.0109. The van der Waals surface area contributed by atoms with Gasteiger partial charge in [0.15, 0.2) is 0 Å². The summed E-state index contributed by atoms with van der Waals surface area (Å²) in [6.07, 6.45) is 0.780. The average Bonchev–Trinajstić information content (AvgIpc) is 3.23. The molecule has 1 amide bonds. The average molecular weight is 516 g/mol. The van der Waals surface area contributed by atoms with Crippen LogP contribution in [0.25, 0.3) is 16.7 Å². The fourth-order valence-electron chi connectivity index (χ4n) is 4.27. The number of fused-ring (bicyclic) bond motifs is 3. The second kappa shape index (κ2) is 10.1. The predicted octanol–water partition coefficient (Wildman–Crippen LogP) is 4.09. The number of rotatable bonds is 7. The first-order chi connectivity index (χ1) is 17.9. The SMILES string of the molecule is CCC(C)NC(=O)c1ccc2c(=O)n(Cc3ccccc3)c3nn(Cc4ccccc4Cl)c(=O)n3c2c1. The lowest BCUT2D eigenvalue weighted by molar-refractivity contribution is 0.0939. The summed E-state index contributed by atoms with van der Waals surface area (Å²) >= 11 is 6.34. The third-order valence-electron chi connectivity index (χ3n) is 6.49. The lowest BCUT2D eigenvalue weighted by Crippen LogP contribution is -2.32. The smallest absolute Gasteiger partial charge is 0.350 e. The molecule has 0 aliphatic carbocycles. The fraction of sp³-hybridized carbons (Fsp3) is 0.214. The normalized spacial score (nSPS) is 12.2. The van der Waals surface area contributed by atoms with Gasteiger partial charge in [-0.25, -0.2) is 13.9 Å². The van der Waals surface area contributed by atoms with Gasteiger partial charge in [0.05, 0.1) is 24.0 Å². The molecule has 1 N–H and O–H groups in total. The zero-order valence-electron chi connectivity index (χ0n) is 20.5. The lowest BCUT2D eigenvalue weighted by atomic mass is 10.1. The van der Waals surface area contributed by atoms with E-state index in [1.165, 1.54) is 13.6 Å². The van der Waals surface area contributed by atoms with Crippen LogP contribution >= 0.6 is 11.6 Å². The van der Waals surface area contributed by atoms with Crippen molar-refractivity contribution in [2.45, 2.75) is 39.4 Å². The van der Waals surface area contributed by atoms with E-state index in [2.05, 4.69) is 10.4 Å². The van der Waals surface area contributed by atoms with Gasteiger partial charge in [0, 0.05) is 16.6 Å². The van der Waals surface area contributed by atoms with Crippen LogP contribution in [0.15, 0.2) is 82.4 Å². The number of carbonyl (C=O) groups is 1. The molecule has 0 saturated heterocycles. The Labute approximate surface area is 217 Å². The molecule has 0 aliphatic heterocycles. The van der Waals surface area contributed by atoms with Gasteiger partial charge in [-0.1, -0.05) is 67.1 Å². The molecule has 0 spiro atoms. The molecule has 5 rings (SSSR count). The van der Waals surface area contributed by atoms with E-state index in [9.17, 15) is 14.4 Å². The maximum Gasteiger partial charge on any atom is 0.352 e. The van der Waals surface area contributed by atoms with Crippen LogP contribution in [0.3, 0.4) is 0 Å². The number of hydrogen-bond acceptors (Lipinski definition) is 4. The molecular weight excluding hydrogens is 490 g/mol. The van der Waals surface area contributed by atoms with E-state index in [0.717, 1.165) is 17.5 Å². The second-order valence-corrected chi connectivity index (χ2v) is 9.47. The third kappa shape index (κ3) is 4.68. The number of nitrogens with zero attached hydrogens (tertiary/aromatic N) is 4. The first kappa shape index (κ1) is 24.5. The van der Waals surface area contributed by atoms with Crippen LogP contribution in [-0.4, -0.2) is 30.7 Å². The Morgan fingerprint density at radius 3 is 2.46 bits per heavy atom. The molecular formula is C28H26ClN5O3.